The summed E-state index contributed by atoms with van der Waals surface area (Å²) in [4.78, 5) is 12.5. The zero-order valence-corrected chi connectivity index (χ0v) is 15.8. The monoisotopic (exact) mass is 352 g/mol. The number of carbonyl (C=O) groups is 1. The Kier molecular flexibility index (Phi) is 5.71. The molecule has 0 radical (unpaired) electrons. The average molecular weight is 353 g/mol. The fraction of sp³-hybridized carbons (Fsp3) is 0.611. The molecule has 2 atom stereocenters. The van der Waals surface area contributed by atoms with Gasteiger partial charge in [-0.2, -0.15) is 4.31 Å². The Morgan fingerprint density at radius 1 is 1.33 bits per heavy atom. The molecule has 2 unspecified atom stereocenters. The average Bonchev–Trinajstić information content (AvgIpc) is 2.97. The van der Waals surface area contributed by atoms with E-state index in [1.165, 1.54) is 16.1 Å². The maximum atomic E-state index is 12.5. The summed E-state index contributed by atoms with van der Waals surface area (Å²) in [5.41, 5.74) is 1.16. The number of hydrogen-bond donors (Lipinski definition) is 1. The van der Waals surface area contributed by atoms with Crippen LogP contribution >= 0.6 is 0 Å². The lowest BCUT2D eigenvalue weighted by Crippen LogP contribution is -2.48. The van der Waals surface area contributed by atoms with Gasteiger partial charge in [0.05, 0.1) is 6.26 Å². The van der Waals surface area contributed by atoms with Crippen molar-refractivity contribution in [3.8, 4) is 0 Å². The van der Waals surface area contributed by atoms with Crippen LogP contribution in [-0.4, -0.2) is 43.5 Å². The lowest BCUT2D eigenvalue weighted by Gasteiger charge is -2.30. The Morgan fingerprint density at radius 3 is 2.54 bits per heavy atom. The molecule has 1 N–H and O–H groups in total. The smallest absolute Gasteiger partial charge is 0.238 e. The minimum Gasteiger partial charge on any atom is -0.352 e. The Balaban J connectivity index is 1.99. The summed E-state index contributed by atoms with van der Waals surface area (Å²) in [6, 6.07) is 9.61. The molecule has 0 spiro atoms. The van der Waals surface area contributed by atoms with E-state index in [-0.39, 0.29) is 17.4 Å². The van der Waals surface area contributed by atoms with Crippen LogP contribution in [0.2, 0.25) is 0 Å². The van der Waals surface area contributed by atoms with Crippen molar-refractivity contribution in [2.75, 3.05) is 12.8 Å². The van der Waals surface area contributed by atoms with Crippen LogP contribution in [0, 0.1) is 0 Å². The number of nitrogens with zero attached hydrogens (tertiary/aromatic N) is 1. The second kappa shape index (κ2) is 7.23. The predicted molar refractivity (Wildman–Crippen MR) is 96.3 cm³/mol. The van der Waals surface area contributed by atoms with Crippen molar-refractivity contribution in [1.29, 1.82) is 0 Å². The first-order chi connectivity index (χ1) is 11.1. The molecule has 0 aliphatic carbocycles. The van der Waals surface area contributed by atoms with E-state index in [2.05, 4.69) is 31.3 Å². The van der Waals surface area contributed by atoms with E-state index in [0.29, 0.717) is 13.0 Å². The molecule has 1 aromatic carbocycles. The van der Waals surface area contributed by atoms with Gasteiger partial charge in [0.1, 0.15) is 6.04 Å². The molecule has 1 heterocycles. The topological polar surface area (TPSA) is 66.5 Å². The zero-order valence-electron chi connectivity index (χ0n) is 15.0. The van der Waals surface area contributed by atoms with Gasteiger partial charge in [-0.3, -0.25) is 4.79 Å². The van der Waals surface area contributed by atoms with Gasteiger partial charge >= 0.3 is 0 Å². The highest BCUT2D eigenvalue weighted by Gasteiger charge is 2.37. The van der Waals surface area contributed by atoms with Crippen LogP contribution in [0.5, 0.6) is 0 Å². The van der Waals surface area contributed by atoms with Crippen LogP contribution < -0.4 is 5.32 Å². The minimum atomic E-state index is -3.34. The Hall–Kier alpha value is -1.40. The van der Waals surface area contributed by atoms with Crippen molar-refractivity contribution in [3.63, 3.8) is 0 Å². The third-order valence-corrected chi connectivity index (χ3v) is 5.98. The Bertz CT molecular complexity index is 671. The van der Waals surface area contributed by atoms with Crippen LogP contribution in [0.25, 0.3) is 0 Å². The molecule has 1 saturated heterocycles. The molecule has 0 bridgehead atoms. The van der Waals surface area contributed by atoms with Gasteiger partial charge in [-0.05, 0) is 37.2 Å². The van der Waals surface area contributed by atoms with E-state index < -0.39 is 16.1 Å². The van der Waals surface area contributed by atoms with Crippen LogP contribution in [0.1, 0.15) is 45.6 Å². The number of nitrogens with one attached hydrogen (secondary N) is 1. The standard InChI is InChI=1S/C18H28N2O3S/c1-14(13-18(2,3)15-9-6-5-7-10-15)19-17(21)16-11-8-12-20(16)24(4,22)23/h5-7,9-10,14,16H,8,11-13H2,1-4H3,(H,19,21). The summed E-state index contributed by atoms with van der Waals surface area (Å²) >= 11 is 0. The first kappa shape index (κ1) is 18.9. The summed E-state index contributed by atoms with van der Waals surface area (Å²) < 4.78 is 24.9. The lowest BCUT2D eigenvalue weighted by molar-refractivity contribution is -0.124. The number of amides is 1. The molecule has 1 aliphatic heterocycles. The molecule has 1 fully saturated rings. The van der Waals surface area contributed by atoms with Gasteiger partial charge in [0.2, 0.25) is 15.9 Å². The molecule has 134 valence electrons. The zero-order chi connectivity index (χ0) is 18.0. The second-order valence-electron chi connectivity index (χ2n) is 7.40. The van der Waals surface area contributed by atoms with Crippen LogP contribution in [0.4, 0.5) is 0 Å². The fourth-order valence-corrected chi connectivity index (χ4v) is 4.69. The normalized spacial score (nSPS) is 20.8. The van der Waals surface area contributed by atoms with E-state index in [0.717, 1.165) is 12.8 Å². The van der Waals surface area contributed by atoms with Crippen molar-refractivity contribution in [1.82, 2.24) is 9.62 Å². The van der Waals surface area contributed by atoms with Gasteiger partial charge < -0.3 is 5.32 Å². The first-order valence-electron chi connectivity index (χ1n) is 8.44. The van der Waals surface area contributed by atoms with Crippen molar-refractivity contribution in [3.05, 3.63) is 35.9 Å². The van der Waals surface area contributed by atoms with Crippen molar-refractivity contribution in [2.24, 2.45) is 0 Å². The van der Waals surface area contributed by atoms with Crippen LogP contribution in [0.15, 0.2) is 30.3 Å². The predicted octanol–water partition coefficient (Wildman–Crippen LogP) is 2.28. The number of carbonyl (C=O) groups excluding carboxylic acids is 1. The van der Waals surface area contributed by atoms with E-state index >= 15 is 0 Å². The van der Waals surface area contributed by atoms with Crippen molar-refractivity contribution in [2.45, 2.75) is 57.5 Å². The molecule has 5 nitrogen and oxygen atoms in total. The molecular formula is C18H28N2O3S. The molecule has 1 aliphatic rings. The summed E-state index contributed by atoms with van der Waals surface area (Å²) in [5, 5.41) is 3.00. The summed E-state index contributed by atoms with van der Waals surface area (Å²) in [7, 11) is -3.34. The van der Waals surface area contributed by atoms with E-state index in [1.54, 1.807) is 0 Å². The highest BCUT2D eigenvalue weighted by Crippen LogP contribution is 2.28. The van der Waals surface area contributed by atoms with E-state index in [4.69, 9.17) is 0 Å². The molecular weight excluding hydrogens is 324 g/mol. The SMILES string of the molecule is CC(CC(C)(C)c1ccccc1)NC(=O)C1CCCN1S(C)(=O)=O. The largest absolute Gasteiger partial charge is 0.352 e. The van der Waals surface area contributed by atoms with Crippen LogP contribution in [0.3, 0.4) is 0 Å². The van der Waals surface area contributed by atoms with Gasteiger partial charge in [-0.15, -0.1) is 0 Å². The molecule has 1 aromatic rings. The molecule has 6 heteroatoms. The van der Waals surface area contributed by atoms with Gasteiger partial charge in [0, 0.05) is 12.6 Å². The molecule has 0 saturated carbocycles. The summed E-state index contributed by atoms with van der Waals surface area (Å²) in [6.45, 7) is 6.72. The quantitative estimate of drug-likeness (QED) is 0.854. The molecule has 1 amide bonds. The third kappa shape index (κ3) is 4.57. The highest BCUT2D eigenvalue weighted by atomic mass is 32.2. The molecule has 2 rings (SSSR count). The van der Waals surface area contributed by atoms with Crippen LogP contribution in [-0.2, 0) is 20.2 Å². The molecule has 0 aromatic heterocycles. The maximum Gasteiger partial charge on any atom is 0.238 e. The maximum absolute atomic E-state index is 12.5. The van der Waals surface area contributed by atoms with E-state index in [1.807, 2.05) is 25.1 Å². The third-order valence-electron chi connectivity index (χ3n) is 4.69. The molecule has 24 heavy (non-hydrogen) atoms. The second-order valence-corrected chi connectivity index (χ2v) is 9.33. The van der Waals surface area contributed by atoms with E-state index in [9.17, 15) is 13.2 Å². The van der Waals surface area contributed by atoms with Gasteiger partial charge in [0.15, 0.2) is 0 Å². The summed E-state index contributed by atoms with van der Waals surface area (Å²) in [6.07, 6.45) is 3.28. The fourth-order valence-electron chi connectivity index (χ4n) is 3.56. The van der Waals surface area contributed by atoms with Gasteiger partial charge in [0.25, 0.3) is 0 Å². The Labute approximate surface area is 145 Å². The van der Waals surface area contributed by atoms with Crippen molar-refractivity contribution < 1.29 is 13.2 Å². The number of rotatable bonds is 6. The Morgan fingerprint density at radius 2 is 1.96 bits per heavy atom. The number of sulfonamides is 1. The van der Waals surface area contributed by atoms with Gasteiger partial charge in [-0.25, -0.2) is 8.42 Å². The number of hydrogen-bond acceptors (Lipinski definition) is 3. The number of benzene rings is 1. The minimum absolute atomic E-state index is 0.0327. The lowest BCUT2D eigenvalue weighted by atomic mass is 9.79. The van der Waals surface area contributed by atoms with Gasteiger partial charge in [-0.1, -0.05) is 44.2 Å². The highest BCUT2D eigenvalue weighted by molar-refractivity contribution is 7.88. The first-order valence-corrected chi connectivity index (χ1v) is 10.3. The summed E-state index contributed by atoms with van der Waals surface area (Å²) in [5.74, 6) is -0.186. The van der Waals surface area contributed by atoms with Crippen molar-refractivity contribution >= 4 is 15.9 Å².